The predicted molar refractivity (Wildman–Crippen MR) is 67.3 cm³/mol. The van der Waals surface area contributed by atoms with Gasteiger partial charge in [-0.2, -0.15) is 0 Å². The standard InChI is InChI=1S/C12H17N3O3/c1-12(2,3)9(13)10(16)15-7-4-5-8(11(17)18)14-6-7/h4-6,9H,13H2,1-3H3,(H,15,16)(H,17,18)/t9-/m1/s1. The molecule has 6 heteroatoms. The molecular formula is C12H17N3O3. The highest BCUT2D eigenvalue weighted by Gasteiger charge is 2.27. The van der Waals surface area contributed by atoms with Crippen molar-refractivity contribution in [2.75, 3.05) is 5.32 Å². The summed E-state index contributed by atoms with van der Waals surface area (Å²) in [7, 11) is 0. The summed E-state index contributed by atoms with van der Waals surface area (Å²) in [6.45, 7) is 5.59. The number of carboxylic acid groups (broad SMARTS) is 1. The van der Waals surface area contributed by atoms with Crippen LogP contribution >= 0.6 is 0 Å². The monoisotopic (exact) mass is 251 g/mol. The Balaban J connectivity index is 2.74. The topological polar surface area (TPSA) is 105 Å². The van der Waals surface area contributed by atoms with Gasteiger partial charge in [-0.1, -0.05) is 20.8 Å². The Labute approximate surface area is 105 Å². The minimum atomic E-state index is -1.11. The minimum absolute atomic E-state index is 0.0758. The number of nitrogens with one attached hydrogen (secondary N) is 1. The van der Waals surface area contributed by atoms with Crippen molar-refractivity contribution in [3.05, 3.63) is 24.0 Å². The number of nitrogens with two attached hydrogens (primary N) is 1. The smallest absolute Gasteiger partial charge is 0.354 e. The molecule has 0 radical (unpaired) electrons. The van der Waals surface area contributed by atoms with E-state index in [9.17, 15) is 9.59 Å². The molecular weight excluding hydrogens is 234 g/mol. The summed E-state index contributed by atoms with van der Waals surface area (Å²) in [5, 5.41) is 11.3. The zero-order valence-electron chi connectivity index (χ0n) is 10.6. The molecule has 0 aromatic carbocycles. The summed E-state index contributed by atoms with van der Waals surface area (Å²) >= 11 is 0. The van der Waals surface area contributed by atoms with Gasteiger partial charge < -0.3 is 16.2 Å². The van der Waals surface area contributed by atoms with Gasteiger partial charge in [-0.15, -0.1) is 0 Å². The van der Waals surface area contributed by atoms with Gasteiger partial charge in [0.2, 0.25) is 5.91 Å². The van der Waals surface area contributed by atoms with E-state index in [2.05, 4.69) is 10.3 Å². The molecule has 0 saturated heterocycles. The van der Waals surface area contributed by atoms with Crippen LogP contribution in [0, 0.1) is 5.41 Å². The molecule has 1 heterocycles. The van der Waals surface area contributed by atoms with Crippen molar-refractivity contribution < 1.29 is 14.7 Å². The summed E-state index contributed by atoms with van der Waals surface area (Å²) in [5.41, 5.74) is 5.79. The molecule has 4 N–H and O–H groups in total. The zero-order valence-corrected chi connectivity index (χ0v) is 10.6. The summed E-state index contributed by atoms with van der Waals surface area (Å²) in [6.07, 6.45) is 1.29. The van der Waals surface area contributed by atoms with Crippen molar-refractivity contribution >= 4 is 17.6 Å². The summed E-state index contributed by atoms with van der Waals surface area (Å²) in [4.78, 5) is 26.1. The van der Waals surface area contributed by atoms with Gasteiger partial charge in [0.1, 0.15) is 5.69 Å². The number of carbonyl (C=O) groups is 2. The number of hydrogen-bond acceptors (Lipinski definition) is 4. The Morgan fingerprint density at radius 3 is 2.39 bits per heavy atom. The van der Waals surface area contributed by atoms with Crippen LogP contribution in [0.5, 0.6) is 0 Å². The van der Waals surface area contributed by atoms with E-state index in [-0.39, 0.29) is 17.0 Å². The lowest BCUT2D eigenvalue weighted by Gasteiger charge is -2.25. The number of rotatable bonds is 3. The van der Waals surface area contributed by atoms with Crippen LogP contribution in [-0.4, -0.2) is 28.0 Å². The number of aromatic carboxylic acids is 1. The van der Waals surface area contributed by atoms with Crippen LogP contribution in [0.25, 0.3) is 0 Å². The fourth-order valence-corrected chi connectivity index (χ4v) is 1.21. The van der Waals surface area contributed by atoms with Gasteiger partial charge in [0.15, 0.2) is 0 Å². The van der Waals surface area contributed by atoms with Gasteiger partial charge in [-0.25, -0.2) is 9.78 Å². The van der Waals surface area contributed by atoms with E-state index in [0.29, 0.717) is 5.69 Å². The average molecular weight is 251 g/mol. The Hall–Kier alpha value is -1.95. The molecule has 0 aliphatic rings. The lowest BCUT2D eigenvalue weighted by molar-refractivity contribution is -0.119. The minimum Gasteiger partial charge on any atom is -0.477 e. The number of nitrogens with zero attached hydrogens (tertiary/aromatic N) is 1. The molecule has 1 rings (SSSR count). The number of hydrogen-bond donors (Lipinski definition) is 3. The van der Waals surface area contributed by atoms with Crippen LogP contribution in [0.4, 0.5) is 5.69 Å². The average Bonchev–Trinajstić information content (AvgIpc) is 2.27. The number of amides is 1. The fraction of sp³-hybridized carbons (Fsp3) is 0.417. The Kier molecular flexibility index (Phi) is 4.03. The molecule has 18 heavy (non-hydrogen) atoms. The van der Waals surface area contributed by atoms with Crippen molar-refractivity contribution in [2.24, 2.45) is 11.1 Å². The van der Waals surface area contributed by atoms with Crippen LogP contribution in [0.1, 0.15) is 31.3 Å². The molecule has 1 aromatic rings. The molecule has 0 aliphatic heterocycles. The highest BCUT2D eigenvalue weighted by atomic mass is 16.4. The van der Waals surface area contributed by atoms with Crippen LogP contribution < -0.4 is 11.1 Å². The van der Waals surface area contributed by atoms with Gasteiger partial charge in [0.25, 0.3) is 0 Å². The van der Waals surface area contributed by atoms with E-state index in [1.807, 2.05) is 20.8 Å². The number of anilines is 1. The number of carbonyl (C=O) groups excluding carboxylic acids is 1. The largest absolute Gasteiger partial charge is 0.477 e. The van der Waals surface area contributed by atoms with Crippen molar-refractivity contribution in [3.63, 3.8) is 0 Å². The maximum absolute atomic E-state index is 11.8. The van der Waals surface area contributed by atoms with Gasteiger partial charge in [-0.05, 0) is 17.5 Å². The van der Waals surface area contributed by atoms with E-state index < -0.39 is 12.0 Å². The maximum atomic E-state index is 11.8. The predicted octanol–water partition coefficient (Wildman–Crippen LogP) is 1.09. The number of pyridine rings is 1. The summed E-state index contributed by atoms with van der Waals surface area (Å²) < 4.78 is 0. The van der Waals surface area contributed by atoms with E-state index in [1.54, 1.807) is 0 Å². The molecule has 0 fully saturated rings. The second kappa shape index (κ2) is 5.14. The number of aromatic nitrogens is 1. The molecule has 1 atom stereocenters. The first-order chi connectivity index (χ1) is 8.21. The molecule has 0 aliphatic carbocycles. The first-order valence-corrected chi connectivity index (χ1v) is 5.47. The maximum Gasteiger partial charge on any atom is 0.354 e. The molecule has 0 saturated carbocycles. The van der Waals surface area contributed by atoms with Crippen molar-refractivity contribution in [1.29, 1.82) is 0 Å². The third-order valence-electron chi connectivity index (χ3n) is 2.47. The van der Waals surface area contributed by atoms with Crippen molar-refractivity contribution in [1.82, 2.24) is 4.98 Å². The molecule has 98 valence electrons. The highest BCUT2D eigenvalue weighted by molar-refractivity contribution is 5.95. The van der Waals surface area contributed by atoms with Crippen LogP contribution in [-0.2, 0) is 4.79 Å². The Bertz CT molecular complexity index is 449. The van der Waals surface area contributed by atoms with E-state index in [0.717, 1.165) is 0 Å². The summed E-state index contributed by atoms with van der Waals surface area (Å²) in [5.74, 6) is -1.44. The molecule has 0 bridgehead atoms. The fourth-order valence-electron chi connectivity index (χ4n) is 1.21. The van der Waals surface area contributed by atoms with E-state index in [1.165, 1.54) is 18.3 Å². The first-order valence-electron chi connectivity index (χ1n) is 5.47. The molecule has 0 unspecified atom stereocenters. The van der Waals surface area contributed by atoms with Gasteiger partial charge in [0.05, 0.1) is 17.9 Å². The zero-order chi connectivity index (χ0) is 13.9. The molecule has 1 aromatic heterocycles. The SMILES string of the molecule is CC(C)(C)[C@H](N)C(=O)Nc1ccc(C(=O)O)nc1. The third kappa shape index (κ3) is 3.53. The molecule has 1 amide bonds. The molecule has 0 spiro atoms. The van der Waals surface area contributed by atoms with Crippen LogP contribution in [0.3, 0.4) is 0 Å². The highest BCUT2D eigenvalue weighted by Crippen LogP contribution is 2.18. The first kappa shape index (κ1) is 14.1. The Morgan fingerprint density at radius 1 is 1.39 bits per heavy atom. The Morgan fingerprint density at radius 2 is 2.00 bits per heavy atom. The van der Waals surface area contributed by atoms with Crippen LogP contribution in [0.2, 0.25) is 0 Å². The van der Waals surface area contributed by atoms with Crippen molar-refractivity contribution in [3.8, 4) is 0 Å². The lowest BCUT2D eigenvalue weighted by Crippen LogP contribution is -2.45. The van der Waals surface area contributed by atoms with E-state index in [4.69, 9.17) is 10.8 Å². The quantitative estimate of drug-likeness (QED) is 0.745. The second-order valence-corrected chi connectivity index (χ2v) is 5.07. The lowest BCUT2D eigenvalue weighted by atomic mass is 9.87. The van der Waals surface area contributed by atoms with Crippen molar-refractivity contribution in [2.45, 2.75) is 26.8 Å². The second-order valence-electron chi connectivity index (χ2n) is 5.07. The summed E-state index contributed by atoms with van der Waals surface area (Å²) in [6, 6.07) is 2.14. The van der Waals surface area contributed by atoms with E-state index >= 15 is 0 Å². The normalized spacial score (nSPS) is 12.9. The number of carboxylic acids is 1. The van der Waals surface area contributed by atoms with Gasteiger partial charge in [-0.3, -0.25) is 4.79 Å². The van der Waals surface area contributed by atoms with Gasteiger partial charge in [0, 0.05) is 0 Å². The molecule has 6 nitrogen and oxygen atoms in total. The van der Waals surface area contributed by atoms with Crippen LogP contribution in [0.15, 0.2) is 18.3 Å². The third-order valence-corrected chi connectivity index (χ3v) is 2.47. The van der Waals surface area contributed by atoms with Gasteiger partial charge >= 0.3 is 5.97 Å².